The van der Waals surface area contributed by atoms with E-state index in [0.29, 0.717) is 6.61 Å². The molecule has 4 rings (SSSR count). The Balaban J connectivity index is 1.33. The van der Waals surface area contributed by atoms with Crippen LogP contribution >= 0.6 is 0 Å². The van der Waals surface area contributed by atoms with Gasteiger partial charge in [-0.3, -0.25) is 4.90 Å². The van der Waals surface area contributed by atoms with E-state index in [1.165, 1.54) is 11.3 Å². The summed E-state index contributed by atoms with van der Waals surface area (Å²) >= 11 is 0. The van der Waals surface area contributed by atoms with E-state index >= 15 is 0 Å². The molecule has 1 fully saturated rings. The third kappa shape index (κ3) is 3.64. The minimum atomic E-state index is 0.0795. The van der Waals surface area contributed by atoms with Gasteiger partial charge in [-0.2, -0.15) is 0 Å². The summed E-state index contributed by atoms with van der Waals surface area (Å²) in [5.74, 6) is 1.69. The van der Waals surface area contributed by atoms with E-state index in [0.717, 1.165) is 49.8 Å². The van der Waals surface area contributed by atoms with Gasteiger partial charge in [-0.05, 0) is 36.2 Å². The van der Waals surface area contributed by atoms with Crippen molar-refractivity contribution in [3.63, 3.8) is 0 Å². The monoisotopic (exact) mass is 354 g/mol. The van der Waals surface area contributed by atoms with Crippen LogP contribution in [0.4, 0.5) is 5.69 Å². The van der Waals surface area contributed by atoms with Crippen molar-refractivity contribution in [3.8, 4) is 11.5 Å². The van der Waals surface area contributed by atoms with Gasteiger partial charge in [0.25, 0.3) is 0 Å². The van der Waals surface area contributed by atoms with Crippen molar-refractivity contribution in [1.29, 1.82) is 0 Å². The van der Waals surface area contributed by atoms with E-state index in [-0.39, 0.29) is 12.7 Å². The van der Waals surface area contributed by atoms with Crippen LogP contribution < -0.4 is 14.4 Å². The average Bonchev–Trinajstić information content (AvgIpc) is 2.69. The largest absolute Gasteiger partial charge is 0.486 e. The number of nitrogens with zero attached hydrogens (tertiary/aromatic N) is 2. The summed E-state index contributed by atoms with van der Waals surface area (Å²) in [4.78, 5) is 4.86. The maximum absolute atomic E-state index is 9.39. The van der Waals surface area contributed by atoms with Gasteiger partial charge in [-0.1, -0.05) is 24.3 Å². The Morgan fingerprint density at radius 2 is 1.81 bits per heavy atom. The number of piperazine rings is 1. The van der Waals surface area contributed by atoms with Gasteiger partial charge < -0.3 is 19.5 Å². The second-order valence-electron chi connectivity index (χ2n) is 7.06. The molecule has 5 nitrogen and oxygen atoms in total. The van der Waals surface area contributed by atoms with Crippen molar-refractivity contribution < 1.29 is 14.6 Å². The second kappa shape index (κ2) is 7.56. The lowest BCUT2D eigenvalue weighted by molar-refractivity contribution is 0.0571. The van der Waals surface area contributed by atoms with Crippen molar-refractivity contribution in [2.75, 3.05) is 44.2 Å². The zero-order chi connectivity index (χ0) is 17.9. The second-order valence-corrected chi connectivity index (χ2v) is 7.06. The molecule has 138 valence electrons. The molecule has 26 heavy (non-hydrogen) atoms. The summed E-state index contributed by atoms with van der Waals surface area (Å²) in [7, 11) is 0. The Kier molecular flexibility index (Phi) is 5.00. The fourth-order valence-corrected chi connectivity index (χ4v) is 3.71. The van der Waals surface area contributed by atoms with Gasteiger partial charge in [0.15, 0.2) is 11.5 Å². The molecule has 0 spiro atoms. The van der Waals surface area contributed by atoms with Crippen molar-refractivity contribution in [2.45, 2.75) is 19.6 Å². The highest BCUT2D eigenvalue weighted by Crippen LogP contribution is 2.31. The molecule has 0 saturated carbocycles. The Bertz CT molecular complexity index is 757. The summed E-state index contributed by atoms with van der Waals surface area (Å²) in [5.41, 5.74) is 3.47. The van der Waals surface area contributed by atoms with Crippen LogP contribution in [0.25, 0.3) is 0 Å². The average molecular weight is 354 g/mol. The van der Waals surface area contributed by atoms with Crippen molar-refractivity contribution in [1.82, 2.24) is 4.90 Å². The molecule has 2 aromatic rings. The molecule has 2 aromatic carbocycles. The number of anilines is 1. The normalized spacial score (nSPS) is 20.2. The highest BCUT2D eigenvalue weighted by atomic mass is 16.6. The number of aliphatic hydroxyl groups excluding tert-OH is 1. The molecule has 0 radical (unpaired) electrons. The lowest BCUT2D eigenvalue weighted by atomic mass is 10.1. The minimum Gasteiger partial charge on any atom is -0.486 e. The number of ether oxygens (including phenoxy) is 2. The molecule has 1 N–H and O–H groups in total. The molecule has 0 aliphatic carbocycles. The summed E-state index contributed by atoms with van der Waals surface area (Å²) in [6.07, 6.45) is 0.0795. The Labute approximate surface area is 154 Å². The molecule has 0 unspecified atom stereocenters. The fraction of sp³-hybridized carbons (Fsp3) is 0.429. The number of benzene rings is 2. The Morgan fingerprint density at radius 3 is 2.58 bits per heavy atom. The van der Waals surface area contributed by atoms with Gasteiger partial charge in [0.2, 0.25) is 0 Å². The number of hydrogen-bond acceptors (Lipinski definition) is 5. The molecule has 0 amide bonds. The maximum Gasteiger partial charge on any atom is 0.161 e. The van der Waals surface area contributed by atoms with Crippen LogP contribution in [0.15, 0.2) is 42.5 Å². The van der Waals surface area contributed by atoms with Gasteiger partial charge in [-0.25, -0.2) is 0 Å². The number of hydrogen-bond donors (Lipinski definition) is 1. The highest BCUT2D eigenvalue weighted by molar-refractivity contribution is 5.55. The first kappa shape index (κ1) is 17.2. The van der Waals surface area contributed by atoms with E-state index in [1.807, 2.05) is 30.3 Å². The number of aliphatic hydroxyl groups is 1. The first-order valence-corrected chi connectivity index (χ1v) is 9.29. The molecule has 1 saturated heterocycles. The van der Waals surface area contributed by atoms with Crippen LogP contribution in [0.2, 0.25) is 0 Å². The zero-order valence-corrected chi connectivity index (χ0v) is 15.2. The first-order chi connectivity index (χ1) is 12.7. The SMILES string of the molecule is Cc1ccc(CO)cc1N1CCN(C[C@H]2COc3ccccc3O2)CC1. The maximum atomic E-state index is 9.39. The molecular weight excluding hydrogens is 328 g/mol. The quantitative estimate of drug-likeness (QED) is 0.914. The van der Waals surface area contributed by atoms with Gasteiger partial charge in [0, 0.05) is 38.4 Å². The number of fused-ring (bicyclic) bond motifs is 1. The molecule has 2 heterocycles. The van der Waals surface area contributed by atoms with Crippen LogP contribution in [0, 0.1) is 6.92 Å². The Hall–Kier alpha value is -2.24. The van der Waals surface area contributed by atoms with E-state index in [4.69, 9.17) is 9.47 Å². The first-order valence-electron chi connectivity index (χ1n) is 9.29. The standard InChI is InChI=1S/C21H26N2O3/c1-16-6-7-17(14-24)12-19(16)23-10-8-22(9-11-23)13-18-15-25-20-4-2-3-5-21(20)26-18/h2-7,12,18,24H,8-11,13-15H2,1H3/t18-/m0/s1. The van der Waals surface area contributed by atoms with Crippen molar-refractivity contribution in [3.05, 3.63) is 53.6 Å². The van der Waals surface area contributed by atoms with Crippen LogP contribution in [0.3, 0.4) is 0 Å². The highest BCUT2D eigenvalue weighted by Gasteiger charge is 2.25. The third-order valence-electron chi connectivity index (χ3n) is 5.20. The Morgan fingerprint density at radius 1 is 1.04 bits per heavy atom. The van der Waals surface area contributed by atoms with Gasteiger partial charge in [0.05, 0.1) is 6.61 Å². The fourth-order valence-electron chi connectivity index (χ4n) is 3.71. The van der Waals surface area contributed by atoms with Crippen LogP contribution in [-0.2, 0) is 6.61 Å². The zero-order valence-electron chi connectivity index (χ0n) is 15.2. The number of aryl methyl sites for hydroxylation is 1. The van der Waals surface area contributed by atoms with Gasteiger partial charge in [-0.15, -0.1) is 0 Å². The van der Waals surface area contributed by atoms with Crippen LogP contribution in [0.1, 0.15) is 11.1 Å². The molecule has 2 aliphatic heterocycles. The lowest BCUT2D eigenvalue weighted by Gasteiger charge is -2.39. The van der Waals surface area contributed by atoms with E-state index in [1.54, 1.807) is 0 Å². The molecule has 5 heteroatoms. The molecule has 0 bridgehead atoms. The topological polar surface area (TPSA) is 45.2 Å². The van der Waals surface area contributed by atoms with Crippen LogP contribution in [0.5, 0.6) is 11.5 Å². The summed E-state index contributed by atoms with van der Waals surface area (Å²) in [6.45, 7) is 7.70. The van der Waals surface area contributed by atoms with Crippen molar-refractivity contribution >= 4 is 5.69 Å². The van der Waals surface area contributed by atoms with E-state index < -0.39 is 0 Å². The minimum absolute atomic E-state index is 0.0795. The van der Waals surface area contributed by atoms with Crippen molar-refractivity contribution in [2.24, 2.45) is 0 Å². The predicted octanol–water partition coefficient (Wildman–Crippen LogP) is 2.45. The van der Waals surface area contributed by atoms with Gasteiger partial charge >= 0.3 is 0 Å². The molecule has 2 aliphatic rings. The summed E-state index contributed by atoms with van der Waals surface area (Å²) in [5, 5.41) is 9.39. The van der Waals surface area contributed by atoms with E-state index in [9.17, 15) is 5.11 Å². The number of para-hydroxylation sites is 2. The lowest BCUT2D eigenvalue weighted by Crippen LogP contribution is -2.50. The molecule has 1 atom stereocenters. The van der Waals surface area contributed by atoms with E-state index in [2.05, 4.69) is 28.9 Å². The summed E-state index contributed by atoms with van der Waals surface area (Å²) < 4.78 is 11.9. The molecular formula is C21H26N2O3. The smallest absolute Gasteiger partial charge is 0.161 e. The third-order valence-corrected chi connectivity index (χ3v) is 5.20. The number of rotatable bonds is 4. The van der Waals surface area contributed by atoms with Gasteiger partial charge in [0.1, 0.15) is 12.7 Å². The summed E-state index contributed by atoms with van der Waals surface area (Å²) in [6, 6.07) is 14.1. The predicted molar refractivity (Wildman–Crippen MR) is 102 cm³/mol. The molecule has 0 aromatic heterocycles. The van der Waals surface area contributed by atoms with Crippen LogP contribution in [-0.4, -0.2) is 55.4 Å².